The highest BCUT2D eigenvalue weighted by Crippen LogP contribution is 2.36. The van der Waals surface area contributed by atoms with Gasteiger partial charge in [0.05, 0.1) is 11.2 Å². The van der Waals surface area contributed by atoms with E-state index >= 15 is 0 Å². The summed E-state index contributed by atoms with van der Waals surface area (Å²) in [6.45, 7) is 8.18. The van der Waals surface area contributed by atoms with Crippen LogP contribution in [0.2, 0.25) is 0 Å². The lowest BCUT2D eigenvalue weighted by Gasteiger charge is -2.32. The van der Waals surface area contributed by atoms with Gasteiger partial charge >= 0.3 is 7.12 Å². The minimum Gasteiger partial charge on any atom is -0.399 e. The molecule has 104 valence electrons. The van der Waals surface area contributed by atoms with Crippen LogP contribution >= 0.6 is 0 Å². The first-order chi connectivity index (χ1) is 8.78. The number of pyridine rings is 1. The second-order valence-electron chi connectivity index (χ2n) is 5.82. The van der Waals surface area contributed by atoms with E-state index in [9.17, 15) is 4.39 Å². The third kappa shape index (κ3) is 2.52. The van der Waals surface area contributed by atoms with Gasteiger partial charge in [0.15, 0.2) is 0 Å². The molecule has 6 heteroatoms. The van der Waals surface area contributed by atoms with E-state index in [-0.39, 0.29) is 5.82 Å². The summed E-state index contributed by atoms with van der Waals surface area (Å²) in [6, 6.07) is 0. The monoisotopic (exact) mass is 266 g/mol. The van der Waals surface area contributed by atoms with Gasteiger partial charge in [0.2, 0.25) is 0 Å². The van der Waals surface area contributed by atoms with E-state index in [1.165, 1.54) is 12.4 Å². The molecule has 0 aliphatic carbocycles. The summed E-state index contributed by atoms with van der Waals surface area (Å²) < 4.78 is 26.1. The summed E-state index contributed by atoms with van der Waals surface area (Å²) in [5.41, 5.74) is -0.104. The van der Waals surface area contributed by atoms with E-state index in [0.29, 0.717) is 17.6 Å². The van der Waals surface area contributed by atoms with Crippen molar-refractivity contribution < 1.29 is 13.7 Å². The maximum absolute atomic E-state index is 14.4. The zero-order chi connectivity index (χ0) is 14.3. The average molecular weight is 266 g/mol. The molecule has 4 nitrogen and oxygen atoms in total. The molecule has 0 bridgehead atoms. The summed E-state index contributed by atoms with van der Waals surface area (Å²) in [5.74, 6) is -0.317. The van der Waals surface area contributed by atoms with E-state index < -0.39 is 18.3 Å². The third-order valence-electron chi connectivity index (χ3n) is 3.85. The van der Waals surface area contributed by atoms with E-state index in [2.05, 4.69) is 10.3 Å². The van der Waals surface area contributed by atoms with Crippen molar-refractivity contribution in [3.8, 4) is 0 Å². The highest BCUT2D eigenvalue weighted by Gasteiger charge is 2.52. The number of aromatic nitrogens is 1. The Kier molecular flexibility index (Phi) is 3.68. The van der Waals surface area contributed by atoms with Crippen molar-refractivity contribution in [2.45, 2.75) is 45.4 Å². The standard InChI is InChI=1S/C13H20BFN2O2/c1-12(2)13(3,4)19-14(18-12)10-8-17-7-9(6-16-5)11(10)15/h7-8,16H,6H2,1-5H3. The van der Waals surface area contributed by atoms with E-state index in [4.69, 9.17) is 9.31 Å². The predicted molar refractivity (Wildman–Crippen MR) is 72.7 cm³/mol. The fourth-order valence-corrected chi connectivity index (χ4v) is 1.95. The third-order valence-corrected chi connectivity index (χ3v) is 3.85. The molecule has 2 rings (SSSR count). The van der Waals surface area contributed by atoms with Gasteiger partial charge in [-0.25, -0.2) is 4.39 Å². The molecule has 2 heterocycles. The van der Waals surface area contributed by atoms with Gasteiger partial charge in [-0.05, 0) is 34.7 Å². The number of hydrogen-bond donors (Lipinski definition) is 1. The summed E-state index contributed by atoms with van der Waals surface area (Å²) in [4.78, 5) is 4.06. The van der Waals surface area contributed by atoms with Gasteiger partial charge in [-0.3, -0.25) is 4.98 Å². The van der Waals surface area contributed by atoms with Crippen LogP contribution in [-0.2, 0) is 15.9 Å². The molecule has 0 atom stereocenters. The largest absolute Gasteiger partial charge is 0.499 e. The number of hydrogen-bond acceptors (Lipinski definition) is 4. The molecule has 1 aromatic heterocycles. The Balaban J connectivity index is 2.32. The first-order valence-electron chi connectivity index (χ1n) is 6.41. The van der Waals surface area contributed by atoms with Gasteiger partial charge in [-0.1, -0.05) is 0 Å². The topological polar surface area (TPSA) is 43.4 Å². The SMILES string of the molecule is CNCc1cncc(B2OC(C)(C)C(C)(C)O2)c1F. The minimum atomic E-state index is -0.714. The molecule has 0 aromatic carbocycles. The van der Waals surface area contributed by atoms with E-state index in [0.717, 1.165) is 0 Å². The lowest BCUT2D eigenvalue weighted by Crippen LogP contribution is -2.41. The van der Waals surface area contributed by atoms with Gasteiger partial charge in [0.1, 0.15) is 5.82 Å². The lowest BCUT2D eigenvalue weighted by atomic mass is 9.79. The summed E-state index contributed by atoms with van der Waals surface area (Å²) in [7, 11) is 1.05. The van der Waals surface area contributed by atoms with E-state index in [1.54, 1.807) is 7.05 Å². The fraction of sp³-hybridized carbons (Fsp3) is 0.615. The summed E-state index contributed by atoms with van der Waals surface area (Å²) >= 11 is 0. The molecule has 1 fully saturated rings. The Hall–Kier alpha value is -0.975. The van der Waals surface area contributed by atoms with Crippen molar-refractivity contribution in [3.63, 3.8) is 0 Å². The quantitative estimate of drug-likeness (QED) is 0.836. The zero-order valence-electron chi connectivity index (χ0n) is 12.1. The first kappa shape index (κ1) is 14.4. The van der Waals surface area contributed by atoms with Crippen LogP contribution < -0.4 is 10.8 Å². The molecule has 0 unspecified atom stereocenters. The van der Waals surface area contributed by atoms with Crippen molar-refractivity contribution in [1.29, 1.82) is 0 Å². The second-order valence-corrected chi connectivity index (χ2v) is 5.82. The number of rotatable bonds is 3. The predicted octanol–water partition coefficient (Wildman–Crippen LogP) is 1.24. The lowest BCUT2D eigenvalue weighted by molar-refractivity contribution is 0.00578. The van der Waals surface area contributed by atoms with Crippen molar-refractivity contribution in [1.82, 2.24) is 10.3 Å². The van der Waals surface area contributed by atoms with Crippen molar-refractivity contribution in [3.05, 3.63) is 23.8 Å². The van der Waals surface area contributed by atoms with Crippen LogP contribution in [-0.4, -0.2) is 30.4 Å². The Morgan fingerprint density at radius 2 is 1.79 bits per heavy atom. The Labute approximate surface area is 113 Å². The smallest absolute Gasteiger partial charge is 0.399 e. The molecule has 0 radical (unpaired) electrons. The Morgan fingerprint density at radius 1 is 1.21 bits per heavy atom. The van der Waals surface area contributed by atoms with Crippen LogP contribution in [0.25, 0.3) is 0 Å². The summed E-state index contributed by atoms with van der Waals surface area (Å²) in [5, 5.41) is 2.91. The zero-order valence-corrected chi connectivity index (χ0v) is 12.1. The van der Waals surface area contributed by atoms with Crippen molar-refractivity contribution >= 4 is 12.6 Å². The minimum absolute atomic E-state index is 0.317. The van der Waals surface area contributed by atoms with Crippen molar-refractivity contribution in [2.75, 3.05) is 7.05 Å². The van der Waals surface area contributed by atoms with Crippen LogP contribution in [0.4, 0.5) is 4.39 Å². The molecule has 1 N–H and O–H groups in total. The molecule has 19 heavy (non-hydrogen) atoms. The number of nitrogens with one attached hydrogen (secondary N) is 1. The van der Waals surface area contributed by atoms with Crippen LogP contribution in [0, 0.1) is 5.82 Å². The summed E-state index contributed by atoms with van der Waals surface area (Å²) in [6.07, 6.45) is 2.98. The molecule has 0 saturated carbocycles. The maximum atomic E-state index is 14.4. The molecular formula is C13H20BFN2O2. The Bertz CT molecular complexity index is 464. The highest BCUT2D eigenvalue weighted by molar-refractivity contribution is 6.62. The van der Waals surface area contributed by atoms with Crippen LogP contribution in [0.15, 0.2) is 12.4 Å². The van der Waals surface area contributed by atoms with Crippen LogP contribution in [0.5, 0.6) is 0 Å². The molecule has 0 spiro atoms. The Morgan fingerprint density at radius 3 is 2.32 bits per heavy atom. The van der Waals surface area contributed by atoms with Gasteiger partial charge in [0.25, 0.3) is 0 Å². The van der Waals surface area contributed by atoms with E-state index in [1.807, 2.05) is 27.7 Å². The first-order valence-corrected chi connectivity index (χ1v) is 6.41. The van der Waals surface area contributed by atoms with Gasteiger partial charge in [-0.2, -0.15) is 0 Å². The molecule has 1 saturated heterocycles. The second kappa shape index (κ2) is 4.85. The number of nitrogens with zero attached hydrogens (tertiary/aromatic N) is 1. The molecule has 0 amide bonds. The molecule has 1 aliphatic heterocycles. The van der Waals surface area contributed by atoms with Crippen LogP contribution in [0.1, 0.15) is 33.3 Å². The average Bonchev–Trinajstić information content (AvgIpc) is 2.51. The highest BCUT2D eigenvalue weighted by atomic mass is 19.1. The maximum Gasteiger partial charge on any atom is 0.499 e. The van der Waals surface area contributed by atoms with Gasteiger partial charge < -0.3 is 14.6 Å². The molecule has 1 aromatic rings. The molecular weight excluding hydrogens is 246 g/mol. The fourth-order valence-electron chi connectivity index (χ4n) is 1.95. The van der Waals surface area contributed by atoms with Crippen molar-refractivity contribution in [2.24, 2.45) is 0 Å². The number of halogens is 1. The van der Waals surface area contributed by atoms with Gasteiger partial charge in [-0.15, -0.1) is 0 Å². The van der Waals surface area contributed by atoms with Gasteiger partial charge in [0, 0.05) is 30.0 Å². The normalized spacial score (nSPS) is 20.8. The van der Waals surface area contributed by atoms with Crippen LogP contribution in [0.3, 0.4) is 0 Å². The molecule has 1 aliphatic rings.